The van der Waals surface area contributed by atoms with Gasteiger partial charge in [-0.3, -0.25) is 4.79 Å². The van der Waals surface area contributed by atoms with Crippen LogP contribution in [0.15, 0.2) is 16.6 Å². The summed E-state index contributed by atoms with van der Waals surface area (Å²) in [6, 6.07) is 2.12. The highest BCUT2D eigenvalue weighted by molar-refractivity contribution is 9.10. The van der Waals surface area contributed by atoms with Crippen molar-refractivity contribution in [1.29, 1.82) is 0 Å². The van der Waals surface area contributed by atoms with Gasteiger partial charge in [-0.25, -0.2) is 0 Å². The van der Waals surface area contributed by atoms with Crippen LogP contribution in [0.25, 0.3) is 0 Å². The average molecular weight is 318 g/mol. The molecule has 0 amide bonds. The number of ether oxygens (including phenoxy) is 2. The minimum Gasteiger partial charge on any atom is -0.493 e. The van der Waals surface area contributed by atoms with Gasteiger partial charge in [0, 0.05) is 0 Å². The van der Waals surface area contributed by atoms with Crippen LogP contribution < -0.4 is 15.2 Å². The molecule has 3 N–H and O–H groups in total. The molecule has 1 atom stereocenters. The number of carboxylic acid groups (broad SMARTS) is 1. The van der Waals surface area contributed by atoms with E-state index in [1.54, 1.807) is 12.1 Å². The number of carboxylic acids is 1. The Kier molecular flexibility index (Phi) is 5.43. The highest BCUT2D eigenvalue weighted by Gasteiger charge is 2.19. The molecule has 1 rings (SSSR count). The topological polar surface area (TPSA) is 81.8 Å². The quantitative estimate of drug-likeness (QED) is 0.841. The molecule has 0 bridgehead atoms. The van der Waals surface area contributed by atoms with Crippen LogP contribution >= 0.6 is 15.9 Å². The summed E-state index contributed by atoms with van der Waals surface area (Å²) in [5, 5.41) is 8.89. The summed E-state index contributed by atoms with van der Waals surface area (Å²) >= 11 is 3.33. The number of nitrogens with two attached hydrogens (primary N) is 1. The summed E-state index contributed by atoms with van der Waals surface area (Å²) < 4.78 is 11.4. The Morgan fingerprint density at radius 2 is 2.22 bits per heavy atom. The molecular weight excluding hydrogens is 302 g/mol. The fourth-order valence-corrected chi connectivity index (χ4v) is 1.98. The lowest BCUT2D eigenvalue weighted by Gasteiger charge is -2.15. The molecule has 5 nitrogen and oxygen atoms in total. The van der Waals surface area contributed by atoms with E-state index in [1.807, 2.05) is 6.92 Å². The van der Waals surface area contributed by atoms with Gasteiger partial charge in [0.2, 0.25) is 0 Å². The van der Waals surface area contributed by atoms with E-state index in [4.69, 9.17) is 20.3 Å². The molecule has 1 aromatic carbocycles. The minimum atomic E-state index is -1.09. The van der Waals surface area contributed by atoms with Crippen LogP contribution in [0.2, 0.25) is 0 Å². The van der Waals surface area contributed by atoms with Crippen LogP contribution in [0.5, 0.6) is 11.5 Å². The maximum atomic E-state index is 10.9. The molecule has 0 aliphatic rings. The standard InChI is InChI=1S/C12H16BrNO4/c1-3-4-18-11-8(13)5-7(6-9(11)17-2)10(14)12(15)16/h5-6,10H,3-4,14H2,1-2H3,(H,15,16). The third kappa shape index (κ3) is 3.36. The van der Waals surface area contributed by atoms with Gasteiger partial charge in [0.25, 0.3) is 0 Å². The third-order valence-electron chi connectivity index (χ3n) is 2.33. The Hall–Kier alpha value is -1.27. The Morgan fingerprint density at radius 3 is 2.72 bits per heavy atom. The van der Waals surface area contributed by atoms with Crippen LogP contribution in [-0.4, -0.2) is 24.8 Å². The first kappa shape index (κ1) is 14.8. The number of methoxy groups -OCH3 is 1. The van der Waals surface area contributed by atoms with Gasteiger partial charge < -0.3 is 20.3 Å². The highest BCUT2D eigenvalue weighted by atomic mass is 79.9. The van der Waals surface area contributed by atoms with E-state index >= 15 is 0 Å². The van der Waals surface area contributed by atoms with Gasteiger partial charge in [-0.2, -0.15) is 0 Å². The molecule has 0 radical (unpaired) electrons. The zero-order valence-corrected chi connectivity index (χ0v) is 11.9. The monoisotopic (exact) mass is 317 g/mol. The molecule has 0 heterocycles. The molecule has 0 saturated carbocycles. The maximum Gasteiger partial charge on any atom is 0.325 e. The zero-order valence-electron chi connectivity index (χ0n) is 10.3. The molecule has 0 aliphatic carbocycles. The highest BCUT2D eigenvalue weighted by Crippen LogP contribution is 2.38. The summed E-state index contributed by atoms with van der Waals surface area (Å²) in [4.78, 5) is 10.9. The smallest absolute Gasteiger partial charge is 0.325 e. The van der Waals surface area contributed by atoms with Crippen molar-refractivity contribution in [3.63, 3.8) is 0 Å². The van der Waals surface area contributed by atoms with Gasteiger partial charge in [0.05, 0.1) is 18.2 Å². The van der Waals surface area contributed by atoms with Crippen LogP contribution in [-0.2, 0) is 4.79 Å². The zero-order chi connectivity index (χ0) is 13.7. The summed E-state index contributed by atoms with van der Waals surface area (Å²) in [7, 11) is 1.50. The Balaban J connectivity index is 3.13. The van der Waals surface area contributed by atoms with E-state index in [-0.39, 0.29) is 0 Å². The van der Waals surface area contributed by atoms with Gasteiger partial charge >= 0.3 is 5.97 Å². The van der Waals surface area contributed by atoms with Crippen LogP contribution in [0.1, 0.15) is 24.9 Å². The SMILES string of the molecule is CCCOc1c(Br)cc(C(N)C(=O)O)cc1OC. The lowest BCUT2D eigenvalue weighted by Crippen LogP contribution is -2.20. The molecule has 0 fully saturated rings. The van der Waals surface area contributed by atoms with E-state index in [0.717, 1.165) is 6.42 Å². The first-order chi connectivity index (χ1) is 8.51. The summed E-state index contributed by atoms with van der Waals surface area (Å²) in [5.74, 6) is -0.0728. The van der Waals surface area contributed by atoms with Crippen molar-refractivity contribution in [2.24, 2.45) is 5.73 Å². The van der Waals surface area contributed by atoms with Crippen molar-refractivity contribution in [1.82, 2.24) is 0 Å². The molecule has 0 aliphatic heterocycles. The van der Waals surface area contributed by atoms with Crippen LogP contribution in [0.4, 0.5) is 0 Å². The van der Waals surface area contributed by atoms with Gasteiger partial charge in [-0.15, -0.1) is 0 Å². The molecule has 0 spiro atoms. The van der Waals surface area contributed by atoms with Gasteiger partial charge in [0.1, 0.15) is 6.04 Å². The van der Waals surface area contributed by atoms with Crippen molar-refractivity contribution in [2.45, 2.75) is 19.4 Å². The van der Waals surface area contributed by atoms with Crippen molar-refractivity contribution >= 4 is 21.9 Å². The number of hydrogen-bond acceptors (Lipinski definition) is 4. The molecule has 100 valence electrons. The first-order valence-corrected chi connectivity index (χ1v) is 6.29. The second-order valence-corrected chi connectivity index (χ2v) is 4.55. The van der Waals surface area contributed by atoms with Gasteiger partial charge in [-0.1, -0.05) is 6.92 Å². The molecule has 0 aromatic heterocycles. The molecule has 6 heteroatoms. The van der Waals surface area contributed by atoms with Crippen molar-refractivity contribution in [3.8, 4) is 11.5 Å². The van der Waals surface area contributed by atoms with Crippen LogP contribution in [0.3, 0.4) is 0 Å². The maximum absolute atomic E-state index is 10.9. The predicted molar refractivity (Wildman–Crippen MR) is 71.0 cm³/mol. The Labute approximate surface area is 114 Å². The second-order valence-electron chi connectivity index (χ2n) is 3.70. The van der Waals surface area contributed by atoms with Crippen molar-refractivity contribution in [3.05, 3.63) is 22.2 Å². The number of rotatable bonds is 6. The Bertz CT molecular complexity index is 436. The van der Waals surface area contributed by atoms with Crippen molar-refractivity contribution in [2.75, 3.05) is 13.7 Å². The Morgan fingerprint density at radius 1 is 1.56 bits per heavy atom. The number of aliphatic carboxylic acids is 1. The van der Waals surface area contributed by atoms with Crippen molar-refractivity contribution < 1.29 is 19.4 Å². The number of benzene rings is 1. The summed E-state index contributed by atoms with van der Waals surface area (Å²) in [5.41, 5.74) is 6.02. The largest absolute Gasteiger partial charge is 0.493 e. The van der Waals surface area contributed by atoms with E-state index < -0.39 is 12.0 Å². The van der Waals surface area contributed by atoms with E-state index in [0.29, 0.717) is 28.1 Å². The van der Waals surface area contributed by atoms with E-state index in [1.165, 1.54) is 7.11 Å². The normalized spacial score (nSPS) is 12.0. The number of carbonyl (C=O) groups is 1. The summed E-state index contributed by atoms with van der Waals surface area (Å²) in [6.07, 6.45) is 0.867. The average Bonchev–Trinajstić information content (AvgIpc) is 2.35. The summed E-state index contributed by atoms with van der Waals surface area (Å²) in [6.45, 7) is 2.55. The lowest BCUT2D eigenvalue weighted by atomic mass is 10.1. The molecular formula is C12H16BrNO4. The minimum absolute atomic E-state index is 0.454. The fourth-order valence-electron chi connectivity index (χ4n) is 1.41. The molecule has 1 unspecified atom stereocenters. The van der Waals surface area contributed by atoms with Gasteiger partial charge in [0.15, 0.2) is 11.5 Å². The third-order valence-corrected chi connectivity index (χ3v) is 2.92. The predicted octanol–water partition coefficient (Wildman–Crippen LogP) is 2.33. The molecule has 1 aromatic rings. The van der Waals surface area contributed by atoms with E-state index in [9.17, 15) is 4.79 Å². The fraction of sp³-hybridized carbons (Fsp3) is 0.417. The molecule has 0 saturated heterocycles. The lowest BCUT2D eigenvalue weighted by molar-refractivity contribution is -0.138. The molecule has 18 heavy (non-hydrogen) atoms. The number of hydrogen-bond donors (Lipinski definition) is 2. The number of halogens is 1. The van der Waals surface area contributed by atoms with Crippen LogP contribution in [0, 0.1) is 0 Å². The second kappa shape index (κ2) is 6.61. The van der Waals surface area contributed by atoms with Gasteiger partial charge in [-0.05, 0) is 40.0 Å². The van der Waals surface area contributed by atoms with E-state index in [2.05, 4.69) is 15.9 Å². The first-order valence-electron chi connectivity index (χ1n) is 5.49.